The smallest absolute Gasteiger partial charge is 0.114 e. The van der Waals surface area contributed by atoms with Gasteiger partial charge in [-0.1, -0.05) is 11.6 Å². The van der Waals surface area contributed by atoms with Gasteiger partial charge in [0.25, 0.3) is 0 Å². The van der Waals surface area contributed by atoms with Gasteiger partial charge in [-0.3, -0.25) is 14.5 Å². The van der Waals surface area contributed by atoms with E-state index in [1.165, 1.54) is 0 Å². The summed E-state index contributed by atoms with van der Waals surface area (Å²) in [6.45, 7) is 0. The summed E-state index contributed by atoms with van der Waals surface area (Å²) in [5.74, 6) is 0. The Kier molecular flexibility index (Phi) is 3.64. The quantitative estimate of drug-likeness (QED) is 0.789. The Morgan fingerprint density at radius 3 is 2.16 bits per heavy atom. The monoisotopic (exact) mass is 298 g/mol. The predicted molar refractivity (Wildman–Crippen MR) is 75.2 cm³/mol. The lowest BCUT2D eigenvalue weighted by molar-refractivity contribution is 0.768. The second-order valence-corrected chi connectivity index (χ2v) is 4.44. The first kappa shape index (κ1) is 13.6. The summed E-state index contributed by atoms with van der Waals surface area (Å²) in [5.41, 5.74) is 3.26. The first-order valence-electron chi connectivity index (χ1n) is 5.37. The molecule has 0 aliphatic carbocycles. The topological polar surface area (TPSA) is 64.3 Å². The average Bonchev–Trinajstić information content (AvgIpc) is 3.00. The number of nitrogens with one attached hydrogen (secondary N) is 1. The molecule has 3 heterocycles. The molecule has 0 bridgehead atoms. The molecule has 3 aromatic heterocycles. The van der Waals surface area contributed by atoms with Crippen molar-refractivity contribution in [1.82, 2.24) is 29.8 Å². The highest BCUT2D eigenvalue weighted by Crippen LogP contribution is 2.33. The number of H-pyrrole nitrogens is 1. The lowest BCUT2D eigenvalue weighted by Crippen LogP contribution is -1.84. The van der Waals surface area contributed by atoms with E-state index in [0.717, 1.165) is 16.8 Å². The number of hydrogen-bond donors (Lipinski definition) is 1. The SMILES string of the molecule is Cl.Cn1cc(-c2n[nH]c(-c3cnn(C)c3)c2Cl)cn1. The third-order valence-electron chi connectivity index (χ3n) is 2.68. The van der Waals surface area contributed by atoms with Gasteiger partial charge in [-0.05, 0) is 0 Å². The zero-order valence-corrected chi connectivity index (χ0v) is 11.9. The van der Waals surface area contributed by atoms with Crippen molar-refractivity contribution in [3.8, 4) is 22.5 Å². The molecule has 0 atom stereocenters. The van der Waals surface area contributed by atoms with E-state index < -0.39 is 0 Å². The molecular formula is C11H12Cl2N6. The van der Waals surface area contributed by atoms with Crippen LogP contribution in [0.1, 0.15) is 0 Å². The number of rotatable bonds is 2. The van der Waals surface area contributed by atoms with Crippen molar-refractivity contribution >= 4 is 24.0 Å². The van der Waals surface area contributed by atoms with Crippen molar-refractivity contribution in [3.63, 3.8) is 0 Å². The fourth-order valence-electron chi connectivity index (χ4n) is 1.80. The van der Waals surface area contributed by atoms with E-state index in [-0.39, 0.29) is 12.4 Å². The van der Waals surface area contributed by atoms with Crippen molar-refractivity contribution < 1.29 is 0 Å². The van der Waals surface area contributed by atoms with E-state index in [2.05, 4.69) is 20.4 Å². The van der Waals surface area contributed by atoms with Crippen LogP contribution in [0.2, 0.25) is 5.02 Å². The minimum absolute atomic E-state index is 0. The molecule has 0 saturated heterocycles. The number of hydrogen-bond acceptors (Lipinski definition) is 3. The summed E-state index contributed by atoms with van der Waals surface area (Å²) in [6.07, 6.45) is 7.23. The van der Waals surface area contributed by atoms with Gasteiger partial charge in [0.2, 0.25) is 0 Å². The molecule has 0 aliphatic rings. The van der Waals surface area contributed by atoms with Gasteiger partial charge in [0.05, 0.1) is 23.1 Å². The van der Waals surface area contributed by atoms with Crippen LogP contribution < -0.4 is 0 Å². The van der Waals surface area contributed by atoms with E-state index in [0.29, 0.717) is 10.7 Å². The van der Waals surface area contributed by atoms with Crippen molar-refractivity contribution in [1.29, 1.82) is 0 Å². The number of nitrogens with zero attached hydrogens (tertiary/aromatic N) is 5. The van der Waals surface area contributed by atoms with Crippen LogP contribution in [0.4, 0.5) is 0 Å². The second kappa shape index (κ2) is 5.07. The Morgan fingerprint density at radius 2 is 1.63 bits per heavy atom. The zero-order valence-electron chi connectivity index (χ0n) is 10.3. The normalized spacial score (nSPS) is 10.5. The summed E-state index contributed by atoms with van der Waals surface area (Å²) >= 11 is 6.34. The van der Waals surface area contributed by atoms with Crippen LogP contribution in [-0.2, 0) is 14.1 Å². The van der Waals surface area contributed by atoms with Gasteiger partial charge < -0.3 is 0 Å². The number of aromatic nitrogens is 6. The number of aromatic amines is 1. The summed E-state index contributed by atoms with van der Waals surface area (Å²) < 4.78 is 3.43. The van der Waals surface area contributed by atoms with Gasteiger partial charge in [-0.2, -0.15) is 15.3 Å². The molecule has 3 aromatic rings. The molecule has 3 rings (SSSR count). The first-order chi connectivity index (χ1) is 8.65. The molecular weight excluding hydrogens is 287 g/mol. The van der Waals surface area contributed by atoms with E-state index >= 15 is 0 Å². The molecule has 0 aliphatic heterocycles. The Bertz CT molecular complexity index is 638. The fraction of sp³-hybridized carbons (Fsp3) is 0.182. The standard InChI is InChI=1S/C11H11ClN6.ClH/c1-17-5-7(3-13-17)10-9(12)11(16-15-10)8-4-14-18(2)6-8;/h3-6H,1-2H3,(H,15,16);1H. The highest BCUT2D eigenvalue weighted by molar-refractivity contribution is 6.35. The van der Waals surface area contributed by atoms with E-state index in [1.54, 1.807) is 21.8 Å². The average molecular weight is 299 g/mol. The largest absolute Gasteiger partial charge is 0.276 e. The summed E-state index contributed by atoms with van der Waals surface area (Å²) in [7, 11) is 3.71. The molecule has 8 heteroatoms. The van der Waals surface area contributed by atoms with Crippen LogP contribution >= 0.6 is 24.0 Å². The van der Waals surface area contributed by atoms with Crippen LogP contribution in [0.15, 0.2) is 24.8 Å². The molecule has 0 saturated carbocycles. The Balaban J connectivity index is 0.00000133. The second-order valence-electron chi connectivity index (χ2n) is 4.07. The van der Waals surface area contributed by atoms with Crippen molar-refractivity contribution in [2.45, 2.75) is 0 Å². The summed E-state index contributed by atoms with van der Waals surface area (Å²) in [4.78, 5) is 0. The molecule has 19 heavy (non-hydrogen) atoms. The molecule has 6 nitrogen and oxygen atoms in total. The molecule has 0 aromatic carbocycles. The van der Waals surface area contributed by atoms with Gasteiger partial charge in [0.15, 0.2) is 0 Å². The van der Waals surface area contributed by atoms with Crippen molar-refractivity contribution in [2.75, 3.05) is 0 Å². The van der Waals surface area contributed by atoms with Crippen LogP contribution in [0.25, 0.3) is 22.5 Å². The minimum atomic E-state index is 0. The molecule has 1 N–H and O–H groups in total. The van der Waals surface area contributed by atoms with Crippen LogP contribution in [0, 0.1) is 0 Å². The van der Waals surface area contributed by atoms with Gasteiger partial charge >= 0.3 is 0 Å². The van der Waals surface area contributed by atoms with Crippen LogP contribution in [-0.4, -0.2) is 29.8 Å². The van der Waals surface area contributed by atoms with Crippen molar-refractivity contribution in [2.24, 2.45) is 14.1 Å². The molecule has 0 unspecified atom stereocenters. The summed E-state index contributed by atoms with van der Waals surface area (Å²) in [6, 6.07) is 0. The molecule has 0 fully saturated rings. The van der Waals surface area contributed by atoms with Crippen molar-refractivity contribution in [3.05, 3.63) is 29.8 Å². The van der Waals surface area contributed by atoms with E-state index in [4.69, 9.17) is 11.6 Å². The first-order valence-corrected chi connectivity index (χ1v) is 5.75. The third kappa shape index (κ3) is 2.36. The lowest BCUT2D eigenvalue weighted by atomic mass is 10.2. The van der Waals surface area contributed by atoms with Crippen LogP contribution in [0.3, 0.4) is 0 Å². The highest BCUT2D eigenvalue weighted by Gasteiger charge is 2.16. The van der Waals surface area contributed by atoms with Gasteiger partial charge in [0.1, 0.15) is 5.69 Å². The molecule has 100 valence electrons. The van der Waals surface area contributed by atoms with Gasteiger partial charge in [0, 0.05) is 37.6 Å². The Hall–Kier alpha value is -1.79. The zero-order chi connectivity index (χ0) is 12.7. The Morgan fingerprint density at radius 1 is 1.05 bits per heavy atom. The minimum Gasteiger partial charge on any atom is -0.276 e. The molecule has 0 radical (unpaired) electrons. The number of aryl methyl sites for hydroxylation is 2. The maximum absolute atomic E-state index is 6.34. The predicted octanol–water partition coefficient (Wildman–Crippen LogP) is 2.29. The van der Waals surface area contributed by atoms with E-state index in [1.807, 2.05) is 26.5 Å². The fourth-order valence-corrected chi connectivity index (χ4v) is 2.11. The number of halogens is 2. The van der Waals surface area contributed by atoms with E-state index in [9.17, 15) is 0 Å². The highest BCUT2D eigenvalue weighted by atomic mass is 35.5. The third-order valence-corrected chi connectivity index (χ3v) is 3.05. The van der Waals surface area contributed by atoms with Crippen LogP contribution in [0.5, 0.6) is 0 Å². The summed E-state index contributed by atoms with van der Waals surface area (Å²) in [5, 5.41) is 16.0. The maximum Gasteiger partial charge on any atom is 0.114 e. The van der Waals surface area contributed by atoms with Gasteiger partial charge in [-0.25, -0.2) is 0 Å². The van der Waals surface area contributed by atoms with Gasteiger partial charge in [-0.15, -0.1) is 12.4 Å². The molecule has 0 amide bonds. The molecule has 0 spiro atoms. The maximum atomic E-state index is 6.34. The lowest BCUT2D eigenvalue weighted by Gasteiger charge is -1.93. The Labute approximate surface area is 120 Å².